The summed E-state index contributed by atoms with van der Waals surface area (Å²) in [7, 11) is 3.17. The minimum Gasteiger partial charge on any atom is -0.307 e. The molecular weight excluding hydrogens is 296 g/mol. The second-order valence-corrected chi connectivity index (χ2v) is 5.97. The number of aryl methyl sites for hydroxylation is 2. The van der Waals surface area contributed by atoms with Crippen LogP contribution in [0.15, 0.2) is 15.7 Å². The van der Waals surface area contributed by atoms with Crippen molar-refractivity contribution in [2.45, 2.75) is 45.3 Å². The molecule has 2 aromatic rings. The molecule has 23 heavy (non-hydrogen) atoms. The molecule has 8 heteroatoms. The fraction of sp³-hybridized carbons (Fsp3) is 0.600. The first kappa shape index (κ1) is 15.7. The highest BCUT2D eigenvalue weighted by Crippen LogP contribution is 2.13. The molecule has 0 saturated carbocycles. The Hall–Kier alpha value is -2.22. The minimum absolute atomic E-state index is 0.257. The molecular formula is C15H22N6O2. The third kappa shape index (κ3) is 2.98. The lowest BCUT2D eigenvalue weighted by molar-refractivity contribution is 0.354. The van der Waals surface area contributed by atoms with Crippen LogP contribution in [0.1, 0.15) is 30.7 Å². The van der Waals surface area contributed by atoms with Crippen molar-refractivity contribution in [3.05, 3.63) is 44.2 Å². The normalized spacial score (nSPS) is 17.3. The Kier molecular flexibility index (Phi) is 4.16. The van der Waals surface area contributed by atoms with Gasteiger partial charge in [-0.15, -0.1) is 0 Å². The number of hydrogen-bond acceptors (Lipinski definition) is 5. The van der Waals surface area contributed by atoms with Gasteiger partial charge in [0.25, 0.3) is 5.56 Å². The zero-order valence-corrected chi connectivity index (χ0v) is 13.7. The van der Waals surface area contributed by atoms with E-state index in [1.54, 1.807) is 7.05 Å². The molecule has 0 aliphatic carbocycles. The van der Waals surface area contributed by atoms with Crippen LogP contribution < -0.4 is 16.6 Å². The van der Waals surface area contributed by atoms with Gasteiger partial charge in [0, 0.05) is 51.3 Å². The van der Waals surface area contributed by atoms with Gasteiger partial charge >= 0.3 is 5.69 Å². The molecule has 2 aromatic heterocycles. The van der Waals surface area contributed by atoms with Gasteiger partial charge in [-0.25, -0.2) is 14.5 Å². The van der Waals surface area contributed by atoms with Gasteiger partial charge in [0.1, 0.15) is 5.82 Å². The highest BCUT2D eigenvalue weighted by Gasteiger charge is 2.21. The van der Waals surface area contributed by atoms with Crippen LogP contribution in [0.5, 0.6) is 0 Å². The summed E-state index contributed by atoms with van der Waals surface area (Å²) in [6, 6.07) is 1.76. The predicted octanol–water partition coefficient (Wildman–Crippen LogP) is -0.657. The van der Waals surface area contributed by atoms with E-state index in [4.69, 9.17) is 0 Å². The van der Waals surface area contributed by atoms with Gasteiger partial charge < -0.3 is 5.32 Å². The summed E-state index contributed by atoms with van der Waals surface area (Å²) in [6.45, 7) is 3.30. The number of nitrogens with zero attached hydrogens (tertiary/aromatic N) is 5. The van der Waals surface area contributed by atoms with Crippen LogP contribution in [0.4, 0.5) is 0 Å². The van der Waals surface area contributed by atoms with Crippen LogP contribution in [0, 0.1) is 0 Å². The summed E-state index contributed by atoms with van der Waals surface area (Å²) in [5, 5.41) is 7.91. The molecule has 1 unspecified atom stereocenters. The maximum atomic E-state index is 11.9. The van der Waals surface area contributed by atoms with E-state index in [1.807, 2.05) is 11.6 Å². The van der Waals surface area contributed by atoms with Gasteiger partial charge in [-0.1, -0.05) is 6.92 Å². The Balaban J connectivity index is 1.70. The average Bonchev–Trinajstić information content (AvgIpc) is 2.97. The molecule has 0 amide bonds. The molecule has 1 N–H and O–H groups in total. The summed E-state index contributed by atoms with van der Waals surface area (Å²) < 4.78 is 4.58. The highest BCUT2D eigenvalue weighted by atomic mass is 16.2. The number of rotatable bonds is 4. The van der Waals surface area contributed by atoms with E-state index in [-0.39, 0.29) is 17.3 Å². The van der Waals surface area contributed by atoms with E-state index in [9.17, 15) is 9.59 Å². The Labute approximate surface area is 133 Å². The van der Waals surface area contributed by atoms with Crippen LogP contribution in [0.25, 0.3) is 0 Å². The smallest absolute Gasteiger partial charge is 0.307 e. The fourth-order valence-corrected chi connectivity index (χ4v) is 2.87. The lowest BCUT2D eigenvalue weighted by Crippen LogP contribution is -2.41. The van der Waals surface area contributed by atoms with Crippen LogP contribution >= 0.6 is 0 Å². The average molecular weight is 318 g/mol. The van der Waals surface area contributed by atoms with Gasteiger partial charge in [0.05, 0.1) is 6.54 Å². The zero-order chi connectivity index (χ0) is 16.6. The molecule has 0 aromatic carbocycles. The first-order valence-electron chi connectivity index (χ1n) is 7.91. The molecule has 3 heterocycles. The molecule has 0 spiro atoms. The van der Waals surface area contributed by atoms with Crippen molar-refractivity contribution in [3.8, 4) is 0 Å². The molecule has 1 atom stereocenters. The van der Waals surface area contributed by atoms with Gasteiger partial charge in [-0.2, -0.15) is 5.10 Å². The van der Waals surface area contributed by atoms with Crippen LogP contribution in [0.3, 0.4) is 0 Å². The van der Waals surface area contributed by atoms with E-state index in [0.717, 1.165) is 42.0 Å². The summed E-state index contributed by atoms with van der Waals surface area (Å²) >= 11 is 0. The molecule has 0 saturated heterocycles. The van der Waals surface area contributed by atoms with Crippen LogP contribution in [-0.2, 0) is 40.0 Å². The second-order valence-electron chi connectivity index (χ2n) is 5.97. The van der Waals surface area contributed by atoms with Crippen molar-refractivity contribution < 1.29 is 0 Å². The monoisotopic (exact) mass is 318 g/mol. The molecule has 1 aliphatic heterocycles. The Bertz CT molecular complexity index is 831. The first-order chi connectivity index (χ1) is 11.0. The van der Waals surface area contributed by atoms with Crippen LogP contribution in [0.2, 0.25) is 0 Å². The lowest BCUT2D eigenvalue weighted by Gasteiger charge is -2.24. The topological polar surface area (TPSA) is 86.7 Å². The number of nitrogens with one attached hydrogen (secondary N) is 1. The molecule has 3 rings (SSSR count). The molecule has 124 valence electrons. The Morgan fingerprint density at radius 3 is 2.83 bits per heavy atom. The van der Waals surface area contributed by atoms with Gasteiger partial charge in [0.2, 0.25) is 0 Å². The molecule has 0 fully saturated rings. The molecule has 0 bridgehead atoms. The summed E-state index contributed by atoms with van der Waals surface area (Å²) in [4.78, 5) is 28.2. The maximum absolute atomic E-state index is 11.9. The van der Waals surface area contributed by atoms with Crippen molar-refractivity contribution in [1.29, 1.82) is 0 Å². The van der Waals surface area contributed by atoms with E-state index in [0.29, 0.717) is 12.2 Å². The Morgan fingerprint density at radius 2 is 2.09 bits per heavy atom. The Morgan fingerprint density at radius 1 is 1.30 bits per heavy atom. The zero-order valence-electron chi connectivity index (χ0n) is 13.7. The molecule has 1 aliphatic rings. The van der Waals surface area contributed by atoms with E-state index < -0.39 is 0 Å². The standard InChI is InChI=1S/C15H22N6O2/c1-4-12-17-13-6-5-10(9-21(13)18-12)16-8-11-7-14(22)20(3)15(23)19(11)2/h7,10,16H,4-6,8-9H2,1-3H3. The van der Waals surface area contributed by atoms with Gasteiger partial charge in [-0.05, 0) is 6.42 Å². The van der Waals surface area contributed by atoms with E-state index in [2.05, 4.69) is 15.4 Å². The quantitative estimate of drug-likeness (QED) is 0.809. The first-order valence-corrected chi connectivity index (χ1v) is 7.91. The van der Waals surface area contributed by atoms with Crippen molar-refractivity contribution >= 4 is 0 Å². The van der Waals surface area contributed by atoms with Crippen molar-refractivity contribution in [1.82, 2.24) is 29.2 Å². The fourth-order valence-electron chi connectivity index (χ4n) is 2.87. The molecule has 8 nitrogen and oxygen atoms in total. The summed E-state index contributed by atoms with van der Waals surface area (Å²) in [5.74, 6) is 1.93. The van der Waals surface area contributed by atoms with Crippen molar-refractivity contribution in [3.63, 3.8) is 0 Å². The predicted molar refractivity (Wildman–Crippen MR) is 85.3 cm³/mol. The summed E-state index contributed by atoms with van der Waals surface area (Å²) in [5.41, 5.74) is 0.112. The largest absolute Gasteiger partial charge is 0.330 e. The van der Waals surface area contributed by atoms with Gasteiger partial charge in [-0.3, -0.25) is 13.9 Å². The van der Waals surface area contributed by atoms with E-state index >= 15 is 0 Å². The minimum atomic E-state index is -0.302. The lowest BCUT2D eigenvalue weighted by atomic mass is 10.1. The number of hydrogen-bond donors (Lipinski definition) is 1. The highest BCUT2D eigenvalue weighted by molar-refractivity contribution is 5.03. The SMILES string of the molecule is CCc1nc2n(n1)CC(NCc1cc(=O)n(C)c(=O)n1C)CC2. The second kappa shape index (κ2) is 6.11. The summed E-state index contributed by atoms with van der Waals surface area (Å²) in [6.07, 6.45) is 2.70. The van der Waals surface area contributed by atoms with Gasteiger partial charge in [0.15, 0.2) is 5.82 Å². The number of aromatic nitrogens is 5. The van der Waals surface area contributed by atoms with Crippen molar-refractivity contribution in [2.24, 2.45) is 14.1 Å². The van der Waals surface area contributed by atoms with Crippen molar-refractivity contribution in [2.75, 3.05) is 0 Å². The molecule has 0 radical (unpaired) electrons. The third-order valence-electron chi connectivity index (χ3n) is 4.42. The maximum Gasteiger partial charge on any atom is 0.330 e. The van der Waals surface area contributed by atoms with Crippen LogP contribution in [-0.4, -0.2) is 29.9 Å². The number of fused-ring (bicyclic) bond motifs is 1. The third-order valence-corrected chi connectivity index (χ3v) is 4.42. The van der Waals surface area contributed by atoms with E-state index in [1.165, 1.54) is 17.7 Å².